The van der Waals surface area contributed by atoms with Gasteiger partial charge in [0, 0.05) is 0 Å². The fraction of sp³-hybridized carbons (Fsp3) is 0.500. The fourth-order valence-electron chi connectivity index (χ4n) is 0.288. The number of carboxylic acid groups (broad SMARTS) is 2. The highest BCUT2D eigenvalue weighted by molar-refractivity contribution is 5.86. The molecule has 0 bridgehead atoms. The molecule has 0 aliphatic carbocycles. The van der Waals surface area contributed by atoms with Gasteiger partial charge in [-0.05, 0) is 0 Å². The molecule has 7 heteroatoms. The molecule has 0 aliphatic rings. The van der Waals surface area contributed by atoms with Crippen molar-refractivity contribution in [1.29, 1.82) is 0 Å². The van der Waals surface area contributed by atoms with Crippen LogP contribution in [0, 0.1) is 0 Å². The molecule has 0 aromatic heterocycles. The van der Waals surface area contributed by atoms with E-state index < -0.39 is 23.9 Å². The van der Waals surface area contributed by atoms with Crippen LogP contribution in [0.3, 0.4) is 0 Å². The van der Waals surface area contributed by atoms with Gasteiger partial charge >= 0.3 is 17.9 Å². The van der Waals surface area contributed by atoms with E-state index in [1.165, 1.54) is 0 Å². The van der Waals surface area contributed by atoms with Crippen LogP contribution in [0.2, 0.25) is 0 Å². The number of hydrogen-bond donors (Lipinski definition) is 3. The molecule has 0 fully saturated rings. The maximum absolute atomic E-state index is 12.1. The Hall–Kier alpha value is -1.24. The van der Waals surface area contributed by atoms with Crippen molar-refractivity contribution >= 4 is 11.9 Å². The Bertz CT molecular complexity index is 193. The first-order valence-electron chi connectivity index (χ1n) is 2.39. The Labute approximate surface area is 59.4 Å². The lowest BCUT2D eigenvalue weighted by Gasteiger charge is -2.14. The lowest BCUT2D eigenvalue weighted by molar-refractivity contribution is -0.174. The van der Waals surface area contributed by atoms with Crippen LogP contribution in [0.4, 0.5) is 8.78 Å². The molecule has 0 aromatic rings. The molecule has 0 aromatic carbocycles. The van der Waals surface area contributed by atoms with Gasteiger partial charge < -0.3 is 15.9 Å². The van der Waals surface area contributed by atoms with Gasteiger partial charge in [0.15, 0.2) is 6.04 Å². The average molecular weight is 169 g/mol. The van der Waals surface area contributed by atoms with Crippen molar-refractivity contribution in [2.75, 3.05) is 0 Å². The Kier molecular flexibility index (Phi) is 2.47. The van der Waals surface area contributed by atoms with Crippen molar-refractivity contribution in [1.82, 2.24) is 0 Å². The second-order valence-electron chi connectivity index (χ2n) is 1.74. The third kappa shape index (κ3) is 1.84. The smallest absolute Gasteiger partial charge is 0.376 e. The van der Waals surface area contributed by atoms with Crippen LogP contribution in [0.25, 0.3) is 0 Å². The van der Waals surface area contributed by atoms with Crippen LogP contribution in [0.1, 0.15) is 0 Å². The van der Waals surface area contributed by atoms with E-state index >= 15 is 0 Å². The highest BCUT2D eigenvalue weighted by Crippen LogP contribution is 2.17. The molecule has 4 N–H and O–H groups in total. The van der Waals surface area contributed by atoms with Crippen LogP contribution in [-0.4, -0.2) is 34.1 Å². The van der Waals surface area contributed by atoms with Gasteiger partial charge in [-0.15, -0.1) is 0 Å². The summed E-state index contributed by atoms with van der Waals surface area (Å²) in [6.07, 6.45) is 0. The van der Waals surface area contributed by atoms with Crippen LogP contribution in [-0.2, 0) is 9.59 Å². The van der Waals surface area contributed by atoms with Gasteiger partial charge in [0.05, 0.1) is 0 Å². The third-order valence-electron chi connectivity index (χ3n) is 0.942. The predicted molar refractivity (Wildman–Crippen MR) is 28.2 cm³/mol. The van der Waals surface area contributed by atoms with E-state index in [9.17, 15) is 18.4 Å². The minimum atomic E-state index is -4.42. The Morgan fingerprint density at radius 3 is 1.82 bits per heavy atom. The summed E-state index contributed by atoms with van der Waals surface area (Å²) in [7, 11) is 0. The number of hydrogen-bond acceptors (Lipinski definition) is 3. The molecule has 0 heterocycles. The number of aliphatic carboxylic acids is 2. The quantitative estimate of drug-likeness (QED) is 0.509. The number of rotatable bonds is 3. The summed E-state index contributed by atoms with van der Waals surface area (Å²) in [4.78, 5) is 19.5. The summed E-state index contributed by atoms with van der Waals surface area (Å²) < 4.78 is 24.2. The first-order chi connectivity index (χ1) is 4.80. The third-order valence-corrected chi connectivity index (χ3v) is 0.942. The molecular formula is C4H5F2NO4. The van der Waals surface area contributed by atoms with Gasteiger partial charge in [-0.3, -0.25) is 4.79 Å². The van der Waals surface area contributed by atoms with E-state index in [4.69, 9.17) is 10.2 Å². The number of alkyl halides is 2. The van der Waals surface area contributed by atoms with Crippen molar-refractivity contribution in [2.45, 2.75) is 12.0 Å². The van der Waals surface area contributed by atoms with Gasteiger partial charge in [-0.2, -0.15) is 8.78 Å². The second kappa shape index (κ2) is 2.79. The summed E-state index contributed by atoms with van der Waals surface area (Å²) >= 11 is 0. The minimum absolute atomic E-state index is 2.06. The Morgan fingerprint density at radius 2 is 1.73 bits per heavy atom. The zero-order valence-electron chi connectivity index (χ0n) is 5.12. The van der Waals surface area contributed by atoms with E-state index in [0.717, 1.165) is 0 Å². The molecule has 0 saturated carbocycles. The van der Waals surface area contributed by atoms with E-state index in [2.05, 4.69) is 5.73 Å². The molecule has 0 saturated heterocycles. The van der Waals surface area contributed by atoms with Crippen molar-refractivity contribution in [2.24, 2.45) is 5.73 Å². The molecule has 64 valence electrons. The molecule has 5 nitrogen and oxygen atoms in total. The van der Waals surface area contributed by atoms with Crippen LogP contribution in [0.5, 0.6) is 0 Å². The van der Waals surface area contributed by atoms with E-state index in [0.29, 0.717) is 0 Å². The molecular weight excluding hydrogens is 164 g/mol. The minimum Gasteiger partial charge on any atom is -0.480 e. The number of carboxylic acids is 2. The zero-order valence-corrected chi connectivity index (χ0v) is 5.12. The molecule has 0 amide bonds. The SMILES string of the molecule is N[C@H](C(=O)O)C(F)(F)C(=O)O. The fourth-order valence-corrected chi connectivity index (χ4v) is 0.288. The summed E-state index contributed by atoms with van der Waals surface area (Å²) in [5, 5.41) is 15.7. The first-order valence-corrected chi connectivity index (χ1v) is 2.39. The zero-order chi connectivity index (χ0) is 9.23. The standard InChI is InChI=1S/C4H5F2NO4/c5-4(6,3(10)11)1(7)2(8)9/h1H,7H2,(H,8,9)(H,10,11)/t1-/m1/s1. The van der Waals surface area contributed by atoms with Crippen LogP contribution < -0.4 is 5.73 Å². The van der Waals surface area contributed by atoms with Crippen LogP contribution >= 0.6 is 0 Å². The lowest BCUT2D eigenvalue weighted by atomic mass is 10.1. The molecule has 0 unspecified atom stereocenters. The Morgan fingerprint density at radius 1 is 1.36 bits per heavy atom. The van der Waals surface area contributed by atoms with Gasteiger partial charge in [0.2, 0.25) is 0 Å². The van der Waals surface area contributed by atoms with Crippen molar-refractivity contribution < 1.29 is 28.6 Å². The first kappa shape index (κ1) is 9.76. The predicted octanol–water partition coefficient (Wildman–Crippen LogP) is -0.882. The second-order valence-corrected chi connectivity index (χ2v) is 1.74. The molecule has 0 radical (unpaired) electrons. The molecule has 0 aliphatic heterocycles. The van der Waals surface area contributed by atoms with Gasteiger partial charge in [0.25, 0.3) is 0 Å². The highest BCUT2D eigenvalue weighted by atomic mass is 19.3. The highest BCUT2D eigenvalue weighted by Gasteiger charge is 2.49. The van der Waals surface area contributed by atoms with Gasteiger partial charge in [-0.1, -0.05) is 0 Å². The molecule has 0 rings (SSSR count). The largest absolute Gasteiger partial charge is 0.480 e. The maximum atomic E-state index is 12.1. The Balaban J connectivity index is 4.55. The van der Waals surface area contributed by atoms with Crippen molar-refractivity contribution in [3.8, 4) is 0 Å². The normalized spacial score (nSPS) is 14.1. The van der Waals surface area contributed by atoms with Crippen molar-refractivity contribution in [3.63, 3.8) is 0 Å². The van der Waals surface area contributed by atoms with E-state index in [-0.39, 0.29) is 0 Å². The summed E-state index contributed by atoms with van der Waals surface area (Å²) in [6.45, 7) is 0. The van der Waals surface area contributed by atoms with Crippen molar-refractivity contribution in [3.05, 3.63) is 0 Å². The average Bonchev–Trinajstić information content (AvgIpc) is 1.85. The number of nitrogens with two attached hydrogens (primary N) is 1. The van der Waals surface area contributed by atoms with Crippen LogP contribution in [0.15, 0.2) is 0 Å². The van der Waals surface area contributed by atoms with Gasteiger partial charge in [-0.25, -0.2) is 4.79 Å². The molecule has 11 heavy (non-hydrogen) atoms. The number of carbonyl (C=O) groups is 2. The molecule has 0 spiro atoms. The topological polar surface area (TPSA) is 101 Å². The summed E-state index contributed by atoms with van der Waals surface area (Å²) in [6, 6.07) is -2.71. The lowest BCUT2D eigenvalue weighted by Crippen LogP contribution is -2.51. The molecule has 1 atom stereocenters. The van der Waals surface area contributed by atoms with Gasteiger partial charge in [0.1, 0.15) is 0 Å². The summed E-state index contributed by atoms with van der Waals surface area (Å²) in [5.41, 5.74) is 4.36. The van der Waals surface area contributed by atoms with E-state index in [1.807, 2.05) is 0 Å². The number of halogens is 2. The van der Waals surface area contributed by atoms with E-state index in [1.54, 1.807) is 0 Å². The summed E-state index contributed by atoms with van der Waals surface area (Å²) in [5.74, 6) is -9.03. The maximum Gasteiger partial charge on any atom is 0.376 e. The monoisotopic (exact) mass is 169 g/mol.